The molecule has 0 fully saturated rings. The number of aromatic nitrogens is 3. The quantitative estimate of drug-likeness (QED) is 0.702. The number of rotatable bonds is 2. The Morgan fingerprint density at radius 1 is 1.53 bits per heavy atom. The van der Waals surface area contributed by atoms with E-state index in [1.54, 1.807) is 0 Å². The highest BCUT2D eigenvalue weighted by Crippen LogP contribution is 2.30. The predicted octanol–water partition coefficient (Wildman–Crippen LogP) is 1.07. The van der Waals surface area contributed by atoms with Gasteiger partial charge in [0.05, 0.1) is 6.04 Å². The van der Waals surface area contributed by atoms with Crippen LogP contribution in [-0.4, -0.2) is 26.4 Å². The van der Waals surface area contributed by atoms with Crippen molar-refractivity contribution >= 4 is 11.6 Å². The van der Waals surface area contributed by atoms with E-state index in [1.165, 1.54) is 0 Å². The van der Waals surface area contributed by atoms with E-state index in [1.807, 2.05) is 23.7 Å². The number of nitrogens with zero attached hydrogens (tertiary/aromatic N) is 3. The van der Waals surface area contributed by atoms with Gasteiger partial charge in [0.2, 0.25) is 5.95 Å². The summed E-state index contributed by atoms with van der Waals surface area (Å²) in [6.45, 7) is 2.68. The summed E-state index contributed by atoms with van der Waals surface area (Å²) in [6, 6.07) is 6.21. The molecule has 0 spiro atoms. The summed E-state index contributed by atoms with van der Waals surface area (Å²) < 4.78 is 1.83. The van der Waals surface area contributed by atoms with E-state index in [-0.39, 0.29) is 12.6 Å². The number of aliphatic hydroxyl groups excluding tert-OH is 1. The predicted molar refractivity (Wildman–Crippen MR) is 72.8 cm³/mol. The molecule has 4 N–H and O–H groups in total. The van der Waals surface area contributed by atoms with E-state index >= 15 is 0 Å². The number of hydrogen-bond donors (Lipinski definition) is 3. The zero-order valence-corrected chi connectivity index (χ0v) is 10.8. The molecule has 0 bridgehead atoms. The molecule has 0 saturated heterocycles. The minimum atomic E-state index is -0.148. The van der Waals surface area contributed by atoms with E-state index in [0.717, 1.165) is 29.8 Å². The minimum absolute atomic E-state index is 0.118. The Morgan fingerprint density at radius 3 is 3.11 bits per heavy atom. The molecule has 2 aromatic rings. The van der Waals surface area contributed by atoms with Crippen molar-refractivity contribution in [1.29, 1.82) is 0 Å². The molecule has 1 aromatic carbocycles. The van der Waals surface area contributed by atoms with Crippen molar-refractivity contribution in [3.05, 3.63) is 35.2 Å². The molecule has 1 unspecified atom stereocenters. The lowest BCUT2D eigenvalue weighted by molar-refractivity contribution is 0.270. The third kappa shape index (κ3) is 2.04. The van der Waals surface area contributed by atoms with E-state index in [0.29, 0.717) is 11.8 Å². The van der Waals surface area contributed by atoms with Crippen LogP contribution in [0.4, 0.5) is 11.6 Å². The van der Waals surface area contributed by atoms with Gasteiger partial charge in [-0.2, -0.15) is 10.1 Å². The van der Waals surface area contributed by atoms with Crippen molar-refractivity contribution in [2.24, 2.45) is 0 Å². The molecule has 0 saturated carbocycles. The fourth-order valence-corrected chi connectivity index (χ4v) is 2.39. The monoisotopic (exact) mass is 259 g/mol. The normalized spacial score (nSPS) is 17.9. The molecule has 0 aliphatic carbocycles. The average molecular weight is 259 g/mol. The van der Waals surface area contributed by atoms with Gasteiger partial charge in [-0.15, -0.1) is 0 Å². The number of aryl methyl sites for hydroxylation is 1. The van der Waals surface area contributed by atoms with Gasteiger partial charge in [0.1, 0.15) is 6.61 Å². The zero-order chi connectivity index (χ0) is 13.4. The van der Waals surface area contributed by atoms with Crippen molar-refractivity contribution < 1.29 is 5.11 Å². The van der Waals surface area contributed by atoms with Crippen LogP contribution in [0.2, 0.25) is 0 Å². The van der Waals surface area contributed by atoms with Gasteiger partial charge in [-0.3, -0.25) is 0 Å². The molecule has 1 aromatic heterocycles. The molecule has 3 rings (SSSR count). The lowest BCUT2D eigenvalue weighted by atomic mass is 10.0. The van der Waals surface area contributed by atoms with Gasteiger partial charge in [0.15, 0.2) is 5.82 Å². The number of nitrogen functional groups attached to an aromatic ring is 1. The Labute approximate surface area is 111 Å². The van der Waals surface area contributed by atoms with E-state index < -0.39 is 0 Å². The first kappa shape index (κ1) is 12.0. The molecule has 1 aliphatic heterocycles. The summed E-state index contributed by atoms with van der Waals surface area (Å²) in [5, 5.41) is 16.7. The number of hydrogen-bond acceptors (Lipinski definition) is 5. The smallest absolute Gasteiger partial charge is 0.222 e. The molecule has 0 amide bonds. The SMILES string of the molecule is Cc1ccc(C2CCNc3nc(CO)nn32)cc1N. The fourth-order valence-electron chi connectivity index (χ4n) is 2.39. The highest BCUT2D eigenvalue weighted by atomic mass is 16.3. The van der Waals surface area contributed by atoms with Gasteiger partial charge in [0, 0.05) is 12.2 Å². The molecule has 6 heteroatoms. The number of benzene rings is 1. The summed E-state index contributed by atoms with van der Waals surface area (Å²) in [4.78, 5) is 4.24. The van der Waals surface area contributed by atoms with E-state index in [9.17, 15) is 0 Å². The first-order valence-electron chi connectivity index (χ1n) is 6.35. The van der Waals surface area contributed by atoms with Crippen molar-refractivity contribution in [2.45, 2.75) is 26.0 Å². The number of nitrogens with two attached hydrogens (primary N) is 1. The van der Waals surface area contributed by atoms with Crippen LogP contribution in [0.15, 0.2) is 18.2 Å². The molecule has 2 heterocycles. The Hall–Kier alpha value is -2.08. The Morgan fingerprint density at radius 2 is 2.37 bits per heavy atom. The largest absolute Gasteiger partial charge is 0.399 e. The summed E-state index contributed by atoms with van der Waals surface area (Å²) in [7, 11) is 0. The van der Waals surface area contributed by atoms with Crippen molar-refractivity contribution in [3.8, 4) is 0 Å². The Kier molecular flexibility index (Phi) is 2.87. The maximum absolute atomic E-state index is 9.14. The van der Waals surface area contributed by atoms with E-state index in [2.05, 4.69) is 21.5 Å². The van der Waals surface area contributed by atoms with Crippen LogP contribution in [0, 0.1) is 6.92 Å². The van der Waals surface area contributed by atoms with Gasteiger partial charge >= 0.3 is 0 Å². The van der Waals surface area contributed by atoms with Crippen LogP contribution in [0.1, 0.15) is 29.4 Å². The number of fused-ring (bicyclic) bond motifs is 1. The third-order valence-electron chi connectivity index (χ3n) is 3.50. The lowest BCUT2D eigenvalue weighted by Gasteiger charge is -2.25. The first-order chi connectivity index (χ1) is 9.19. The van der Waals surface area contributed by atoms with Gasteiger partial charge in [0.25, 0.3) is 0 Å². The molecule has 1 atom stereocenters. The molecular formula is C13H17N5O. The van der Waals surface area contributed by atoms with Gasteiger partial charge in [-0.25, -0.2) is 4.68 Å². The van der Waals surface area contributed by atoms with Crippen LogP contribution in [-0.2, 0) is 6.61 Å². The summed E-state index contributed by atoms with van der Waals surface area (Å²) in [6.07, 6.45) is 0.920. The summed E-state index contributed by atoms with van der Waals surface area (Å²) in [5.41, 5.74) is 8.97. The van der Waals surface area contributed by atoms with Crippen LogP contribution >= 0.6 is 0 Å². The topological polar surface area (TPSA) is 89.0 Å². The Bertz CT molecular complexity index is 607. The number of nitrogens with one attached hydrogen (secondary N) is 1. The van der Waals surface area contributed by atoms with Crippen LogP contribution < -0.4 is 11.1 Å². The van der Waals surface area contributed by atoms with Crippen molar-refractivity contribution in [3.63, 3.8) is 0 Å². The molecular weight excluding hydrogens is 242 g/mol. The standard InChI is InChI=1S/C13H17N5O/c1-8-2-3-9(6-10(8)14)11-4-5-15-13-16-12(7-19)17-18(11)13/h2-3,6,11,19H,4-5,7,14H2,1H3,(H,15,16,17). The lowest BCUT2D eigenvalue weighted by Crippen LogP contribution is -2.24. The van der Waals surface area contributed by atoms with Gasteiger partial charge in [-0.1, -0.05) is 12.1 Å². The first-order valence-corrected chi connectivity index (χ1v) is 6.35. The molecule has 1 aliphatic rings. The second-order valence-corrected chi connectivity index (χ2v) is 4.80. The molecule has 6 nitrogen and oxygen atoms in total. The van der Waals surface area contributed by atoms with Gasteiger partial charge in [-0.05, 0) is 30.5 Å². The highest BCUT2D eigenvalue weighted by molar-refractivity contribution is 5.49. The number of anilines is 2. The van der Waals surface area contributed by atoms with Gasteiger partial charge < -0.3 is 16.2 Å². The second kappa shape index (κ2) is 4.55. The molecule has 19 heavy (non-hydrogen) atoms. The van der Waals surface area contributed by atoms with Crippen LogP contribution in [0.3, 0.4) is 0 Å². The van der Waals surface area contributed by atoms with Crippen LogP contribution in [0.5, 0.6) is 0 Å². The maximum atomic E-state index is 9.14. The number of aliphatic hydroxyl groups is 1. The minimum Gasteiger partial charge on any atom is -0.399 e. The van der Waals surface area contributed by atoms with Crippen molar-refractivity contribution in [2.75, 3.05) is 17.6 Å². The average Bonchev–Trinajstić information content (AvgIpc) is 2.85. The Balaban J connectivity index is 2.02. The molecule has 0 radical (unpaired) electrons. The summed E-state index contributed by atoms with van der Waals surface area (Å²) >= 11 is 0. The fraction of sp³-hybridized carbons (Fsp3) is 0.385. The summed E-state index contributed by atoms with van der Waals surface area (Å²) in [5.74, 6) is 1.15. The highest BCUT2D eigenvalue weighted by Gasteiger charge is 2.24. The van der Waals surface area contributed by atoms with E-state index in [4.69, 9.17) is 10.8 Å². The molecule has 100 valence electrons. The van der Waals surface area contributed by atoms with Crippen molar-refractivity contribution in [1.82, 2.24) is 14.8 Å². The zero-order valence-electron chi connectivity index (χ0n) is 10.8. The second-order valence-electron chi connectivity index (χ2n) is 4.80. The maximum Gasteiger partial charge on any atom is 0.222 e. The third-order valence-corrected chi connectivity index (χ3v) is 3.50. The van der Waals surface area contributed by atoms with Crippen LogP contribution in [0.25, 0.3) is 0 Å².